The second-order valence-corrected chi connectivity index (χ2v) is 5.04. The van der Waals surface area contributed by atoms with Crippen molar-refractivity contribution in [2.24, 2.45) is 0 Å². The zero-order valence-electron chi connectivity index (χ0n) is 12.9. The monoisotopic (exact) mass is 303 g/mol. The van der Waals surface area contributed by atoms with Crippen molar-refractivity contribution in [1.29, 1.82) is 0 Å². The molecule has 1 aromatic carbocycles. The molecule has 0 aliphatic carbocycles. The molecule has 0 spiro atoms. The summed E-state index contributed by atoms with van der Waals surface area (Å²) in [6, 6.07) is 17.6. The molecule has 3 aromatic rings. The van der Waals surface area contributed by atoms with Gasteiger partial charge in [0.2, 0.25) is 5.88 Å². The van der Waals surface area contributed by atoms with Gasteiger partial charge in [0.15, 0.2) is 5.82 Å². The Morgan fingerprint density at radius 2 is 1.78 bits per heavy atom. The molecule has 4 heteroatoms. The Hall–Kier alpha value is -3.01. The smallest absolute Gasteiger partial charge is 0.217 e. The zero-order valence-corrected chi connectivity index (χ0v) is 12.9. The van der Waals surface area contributed by atoms with Gasteiger partial charge in [0.05, 0.1) is 5.69 Å². The molecule has 4 nitrogen and oxygen atoms in total. The predicted octanol–water partition coefficient (Wildman–Crippen LogP) is 4.08. The molecular formula is C19H17N3O. The SMILES string of the molecule is C=CCOc1cc(-c2ccccc2)nc(-c2cccc(C)n2)n1. The molecule has 0 atom stereocenters. The van der Waals surface area contributed by atoms with Crippen molar-refractivity contribution in [3.63, 3.8) is 0 Å². The van der Waals surface area contributed by atoms with E-state index in [2.05, 4.69) is 21.5 Å². The van der Waals surface area contributed by atoms with Crippen LogP contribution in [-0.2, 0) is 0 Å². The summed E-state index contributed by atoms with van der Waals surface area (Å²) in [5, 5.41) is 0. The molecule has 0 aliphatic heterocycles. The van der Waals surface area contributed by atoms with E-state index in [9.17, 15) is 0 Å². The van der Waals surface area contributed by atoms with E-state index in [0.29, 0.717) is 18.3 Å². The average Bonchev–Trinajstić information content (AvgIpc) is 2.60. The third kappa shape index (κ3) is 3.61. The van der Waals surface area contributed by atoms with Gasteiger partial charge in [0.25, 0.3) is 0 Å². The predicted molar refractivity (Wildman–Crippen MR) is 91.1 cm³/mol. The molecule has 3 rings (SSSR count). The first-order valence-corrected chi connectivity index (χ1v) is 7.38. The van der Waals surface area contributed by atoms with Crippen LogP contribution in [0.4, 0.5) is 0 Å². The number of rotatable bonds is 5. The summed E-state index contributed by atoms with van der Waals surface area (Å²) < 4.78 is 5.61. The maximum Gasteiger partial charge on any atom is 0.217 e. The molecule has 23 heavy (non-hydrogen) atoms. The van der Waals surface area contributed by atoms with Gasteiger partial charge in [-0.15, -0.1) is 0 Å². The van der Waals surface area contributed by atoms with Gasteiger partial charge in [-0.05, 0) is 19.1 Å². The molecule has 0 bridgehead atoms. The number of aromatic nitrogens is 3. The Morgan fingerprint density at radius 1 is 0.957 bits per heavy atom. The van der Waals surface area contributed by atoms with Crippen LogP contribution in [0.2, 0.25) is 0 Å². The van der Waals surface area contributed by atoms with Crippen LogP contribution in [0.3, 0.4) is 0 Å². The van der Waals surface area contributed by atoms with E-state index in [-0.39, 0.29) is 0 Å². The molecule has 0 N–H and O–H groups in total. The minimum atomic E-state index is 0.395. The van der Waals surface area contributed by atoms with Gasteiger partial charge in [-0.25, -0.2) is 9.97 Å². The number of hydrogen-bond donors (Lipinski definition) is 0. The zero-order chi connectivity index (χ0) is 16.1. The fraction of sp³-hybridized carbons (Fsp3) is 0.105. The number of pyridine rings is 1. The second-order valence-electron chi connectivity index (χ2n) is 5.04. The highest BCUT2D eigenvalue weighted by Crippen LogP contribution is 2.24. The summed E-state index contributed by atoms with van der Waals surface area (Å²) in [5.74, 6) is 1.06. The van der Waals surface area contributed by atoms with Crippen molar-refractivity contribution in [1.82, 2.24) is 15.0 Å². The summed E-state index contributed by atoms with van der Waals surface area (Å²) >= 11 is 0. The van der Waals surface area contributed by atoms with E-state index in [1.54, 1.807) is 6.08 Å². The van der Waals surface area contributed by atoms with Crippen molar-refractivity contribution < 1.29 is 4.74 Å². The van der Waals surface area contributed by atoms with Crippen LogP contribution in [-0.4, -0.2) is 21.6 Å². The highest BCUT2D eigenvalue weighted by molar-refractivity contribution is 5.63. The van der Waals surface area contributed by atoms with E-state index >= 15 is 0 Å². The van der Waals surface area contributed by atoms with E-state index in [1.807, 2.05) is 61.5 Å². The van der Waals surface area contributed by atoms with Crippen LogP contribution < -0.4 is 4.74 Å². The Labute approximate surface area is 135 Å². The van der Waals surface area contributed by atoms with Gasteiger partial charge in [0.1, 0.15) is 12.3 Å². The summed E-state index contributed by atoms with van der Waals surface area (Å²) in [5.41, 5.74) is 3.46. The van der Waals surface area contributed by atoms with Crippen LogP contribution >= 0.6 is 0 Å². The molecule has 2 heterocycles. The minimum absolute atomic E-state index is 0.395. The molecule has 2 aromatic heterocycles. The van der Waals surface area contributed by atoms with E-state index < -0.39 is 0 Å². The first-order chi connectivity index (χ1) is 11.3. The Kier molecular flexibility index (Phi) is 4.43. The maximum absolute atomic E-state index is 5.61. The summed E-state index contributed by atoms with van der Waals surface area (Å²) in [4.78, 5) is 13.6. The van der Waals surface area contributed by atoms with Gasteiger partial charge in [0, 0.05) is 17.3 Å². The number of nitrogens with zero attached hydrogens (tertiary/aromatic N) is 3. The average molecular weight is 303 g/mol. The first kappa shape index (κ1) is 14.9. The lowest BCUT2D eigenvalue weighted by molar-refractivity contribution is 0.348. The van der Waals surface area contributed by atoms with E-state index in [4.69, 9.17) is 4.74 Å². The normalized spacial score (nSPS) is 10.3. The quantitative estimate of drug-likeness (QED) is 0.666. The van der Waals surface area contributed by atoms with Gasteiger partial charge in [-0.2, -0.15) is 4.98 Å². The fourth-order valence-corrected chi connectivity index (χ4v) is 2.18. The van der Waals surface area contributed by atoms with Crippen molar-refractivity contribution in [2.45, 2.75) is 6.92 Å². The van der Waals surface area contributed by atoms with Crippen molar-refractivity contribution >= 4 is 0 Å². The molecular weight excluding hydrogens is 286 g/mol. The standard InChI is InChI=1S/C19H17N3O/c1-3-12-23-18-13-17(15-9-5-4-6-10-15)21-19(22-18)16-11-7-8-14(2)20-16/h3-11,13H,1,12H2,2H3. The molecule has 0 saturated heterocycles. The van der Waals surface area contributed by atoms with Crippen molar-refractivity contribution in [3.05, 3.63) is 72.9 Å². The molecule has 0 amide bonds. The number of benzene rings is 1. The highest BCUT2D eigenvalue weighted by Gasteiger charge is 2.10. The van der Waals surface area contributed by atoms with Crippen LogP contribution in [0.5, 0.6) is 5.88 Å². The molecule has 0 radical (unpaired) electrons. The van der Waals surface area contributed by atoms with Gasteiger partial charge in [-0.3, -0.25) is 0 Å². The number of hydrogen-bond acceptors (Lipinski definition) is 4. The third-order valence-corrected chi connectivity index (χ3v) is 3.24. The lowest BCUT2D eigenvalue weighted by atomic mass is 10.1. The topological polar surface area (TPSA) is 47.9 Å². The molecule has 0 fully saturated rings. The molecule has 0 unspecified atom stereocenters. The van der Waals surface area contributed by atoms with E-state index in [1.165, 1.54) is 0 Å². The third-order valence-electron chi connectivity index (χ3n) is 3.24. The second kappa shape index (κ2) is 6.83. The number of aryl methyl sites for hydroxylation is 1. The first-order valence-electron chi connectivity index (χ1n) is 7.38. The van der Waals surface area contributed by atoms with E-state index in [0.717, 1.165) is 22.6 Å². The van der Waals surface area contributed by atoms with Crippen LogP contribution in [0.25, 0.3) is 22.8 Å². The Morgan fingerprint density at radius 3 is 2.52 bits per heavy atom. The molecule has 0 saturated carbocycles. The Bertz CT molecular complexity index is 816. The molecule has 0 aliphatic rings. The minimum Gasteiger partial charge on any atom is -0.473 e. The summed E-state index contributed by atoms with van der Waals surface area (Å²) in [6.45, 7) is 6.01. The molecule has 114 valence electrons. The van der Waals surface area contributed by atoms with Crippen molar-refractivity contribution in [3.8, 4) is 28.7 Å². The highest BCUT2D eigenvalue weighted by atomic mass is 16.5. The van der Waals surface area contributed by atoms with Crippen LogP contribution in [0, 0.1) is 6.92 Å². The van der Waals surface area contributed by atoms with Crippen molar-refractivity contribution in [2.75, 3.05) is 6.61 Å². The lowest BCUT2D eigenvalue weighted by Crippen LogP contribution is -2.01. The lowest BCUT2D eigenvalue weighted by Gasteiger charge is -2.09. The number of ether oxygens (including phenoxy) is 1. The van der Waals surface area contributed by atoms with Gasteiger partial charge in [-0.1, -0.05) is 49.1 Å². The van der Waals surface area contributed by atoms with Crippen LogP contribution in [0.1, 0.15) is 5.69 Å². The maximum atomic E-state index is 5.61. The summed E-state index contributed by atoms with van der Waals surface area (Å²) in [7, 11) is 0. The fourth-order valence-electron chi connectivity index (χ4n) is 2.18. The summed E-state index contributed by atoms with van der Waals surface area (Å²) in [6.07, 6.45) is 1.69. The Balaban J connectivity index is 2.09. The van der Waals surface area contributed by atoms with Gasteiger partial charge < -0.3 is 4.74 Å². The van der Waals surface area contributed by atoms with Gasteiger partial charge >= 0.3 is 0 Å². The largest absolute Gasteiger partial charge is 0.473 e. The van der Waals surface area contributed by atoms with Crippen LogP contribution in [0.15, 0.2) is 67.3 Å².